The maximum Gasteiger partial charge on any atom is 0.331 e. The average Bonchev–Trinajstić information content (AvgIpc) is 2.75. The topological polar surface area (TPSA) is 81.2 Å². The zero-order valence-electron chi connectivity index (χ0n) is 17.9. The summed E-state index contributed by atoms with van der Waals surface area (Å²) >= 11 is 0. The van der Waals surface area contributed by atoms with Crippen molar-refractivity contribution < 1.29 is 14.3 Å². The van der Waals surface area contributed by atoms with E-state index in [1.165, 1.54) is 44.6 Å². The first-order valence-corrected chi connectivity index (χ1v) is 11.3. The van der Waals surface area contributed by atoms with Crippen LogP contribution in [0.4, 0.5) is 0 Å². The van der Waals surface area contributed by atoms with Crippen LogP contribution in [0, 0.1) is 23.2 Å². The van der Waals surface area contributed by atoms with Crippen molar-refractivity contribution in [1.82, 2.24) is 15.3 Å². The van der Waals surface area contributed by atoms with Gasteiger partial charge in [-0.1, -0.05) is 12.1 Å². The van der Waals surface area contributed by atoms with Crippen LogP contribution in [0.1, 0.15) is 51.1 Å². The first-order valence-electron chi connectivity index (χ1n) is 11.3. The molecule has 0 radical (unpaired) electrons. The summed E-state index contributed by atoms with van der Waals surface area (Å²) in [7, 11) is 0. The Morgan fingerprint density at radius 2 is 1.77 bits per heavy atom. The molecule has 0 aliphatic heterocycles. The number of esters is 1. The molecule has 1 amide bonds. The molecule has 6 heteroatoms. The Bertz CT molecular complexity index is 996. The van der Waals surface area contributed by atoms with E-state index in [0.717, 1.165) is 28.8 Å². The zero-order valence-corrected chi connectivity index (χ0v) is 17.9. The van der Waals surface area contributed by atoms with Crippen molar-refractivity contribution in [2.24, 2.45) is 23.2 Å². The van der Waals surface area contributed by atoms with Crippen LogP contribution in [0.25, 0.3) is 17.1 Å². The van der Waals surface area contributed by atoms with Crippen LogP contribution in [0.2, 0.25) is 0 Å². The summed E-state index contributed by atoms with van der Waals surface area (Å²) in [6, 6.07) is 7.66. The van der Waals surface area contributed by atoms with Gasteiger partial charge in [0.1, 0.15) is 0 Å². The second-order valence-corrected chi connectivity index (χ2v) is 9.79. The summed E-state index contributed by atoms with van der Waals surface area (Å²) in [6.07, 6.45) is 12.3. The minimum atomic E-state index is -0.562. The van der Waals surface area contributed by atoms with Crippen molar-refractivity contribution >= 4 is 29.0 Å². The lowest BCUT2D eigenvalue weighted by atomic mass is 9.48. The third-order valence-corrected chi connectivity index (χ3v) is 7.58. The molecule has 1 atom stereocenters. The summed E-state index contributed by atoms with van der Waals surface area (Å²) in [4.78, 5) is 33.2. The molecule has 2 aromatic rings. The number of amides is 1. The molecule has 4 aliphatic carbocycles. The highest BCUT2D eigenvalue weighted by Gasteiger charge is 2.53. The number of nitrogens with zero attached hydrogens (tertiary/aromatic N) is 2. The van der Waals surface area contributed by atoms with Gasteiger partial charge in [0.05, 0.1) is 22.9 Å². The fraction of sp³-hybridized carbons (Fsp3) is 0.520. The van der Waals surface area contributed by atoms with E-state index in [1.54, 1.807) is 12.3 Å². The van der Waals surface area contributed by atoms with Crippen molar-refractivity contribution in [3.05, 3.63) is 42.2 Å². The van der Waals surface area contributed by atoms with E-state index in [9.17, 15) is 9.59 Å². The van der Waals surface area contributed by atoms with Crippen molar-refractivity contribution in [1.29, 1.82) is 0 Å². The Morgan fingerprint density at radius 3 is 2.45 bits per heavy atom. The minimum absolute atomic E-state index is 0.121. The Labute approximate surface area is 182 Å². The molecule has 1 aromatic carbocycles. The van der Waals surface area contributed by atoms with E-state index in [1.807, 2.05) is 24.3 Å². The molecule has 6 nitrogen and oxygen atoms in total. The van der Waals surface area contributed by atoms with Crippen molar-refractivity contribution in [2.75, 3.05) is 6.61 Å². The van der Waals surface area contributed by atoms with E-state index in [0.29, 0.717) is 5.69 Å². The lowest BCUT2D eigenvalue weighted by molar-refractivity contribution is -0.145. The maximum atomic E-state index is 12.4. The predicted molar refractivity (Wildman–Crippen MR) is 118 cm³/mol. The second-order valence-electron chi connectivity index (χ2n) is 9.79. The van der Waals surface area contributed by atoms with Gasteiger partial charge in [0.15, 0.2) is 6.61 Å². The van der Waals surface area contributed by atoms with E-state index >= 15 is 0 Å². The Hall–Kier alpha value is -2.76. The molecule has 0 saturated heterocycles. The van der Waals surface area contributed by atoms with Gasteiger partial charge in [0.2, 0.25) is 0 Å². The number of hydrogen-bond acceptors (Lipinski definition) is 5. The lowest BCUT2D eigenvalue weighted by Gasteiger charge is -2.59. The molecule has 1 heterocycles. The van der Waals surface area contributed by atoms with Gasteiger partial charge >= 0.3 is 5.97 Å². The fourth-order valence-corrected chi connectivity index (χ4v) is 6.53. The van der Waals surface area contributed by atoms with Crippen LogP contribution in [0.5, 0.6) is 0 Å². The number of benzene rings is 1. The third kappa shape index (κ3) is 4.21. The first-order chi connectivity index (χ1) is 15.0. The van der Waals surface area contributed by atoms with Crippen LogP contribution >= 0.6 is 0 Å². The van der Waals surface area contributed by atoms with Gasteiger partial charge in [-0.25, -0.2) is 9.78 Å². The summed E-state index contributed by atoms with van der Waals surface area (Å²) < 4.78 is 5.15. The molecule has 4 fully saturated rings. The number of carbonyl (C=O) groups excluding carboxylic acids is 2. The van der Waals surface area contributed by atoms with Gasteiger partial charge in [-0.15, -0.1) is 0 Å². The van der Waals surface area contributed by atoms with E-state index in [-0.39, 0.29) is 24.0 Å². The Morgan fingerprint density at radius 1 is 1.13 bits per heavy atom. The molecular weight excluding hydrogens is 390 g/mol. The summed E-state index contributed by atoms with van der Waals surface area (Å²) in [5.41, 5.74) is 2.36. The Balaban J connectivity index is 1.12. The molecular formula is C25H29N3O3. The van der Waals surface area contributed by atoms with E-state index in [4.69, 9.17) is 4.74 Å². The van der Waals surface area contributed by atoms with Crippen molar-refractivity contribution in [3.8, 4) is 0 Å². The molecule has 162 valence electrons. The van der Waals surface area contributed by atoms with Gasteiger partial charge < -0.3 is 10.1 Å². The highest BCUT2D eigenvalue weighted by Crippen LogP contribution is 2.61. The third-order valence-electron chi connectivity index (χ3n) is 7.58. The largest absolute Gasteiger partial charge is 0.452 e. The highest BCUT2D eigenvalue weighted by molar-refractivity contribution is 5.89. The minimum Gasteiger partial charge on any atom is -0.452 e. The van der Waals surface area contributed by atoms with Crippen LogP contribution < -0.4 is 5.32 Å². The molecule has 6 rings (SSSR count). The van der Waals surface area contributed by atoms with Crippen molar-refractivity contribution in [2.45, 2.75) is 51.5 Å². The summed E-state index contributed by atoms with van der Waals surface area (Å²) in [5, 5.41) is 3.12. The van der Waals surface area contributed by atoms with E-state index in [2.05, 4.69) is 22.2 Å². The maximum absolute atomic E-state index is 12.4. The molecule has 1 N–H and O–H groups in total. The number of ether oxygens (including phenoxy) is 1. The molecule has 4 bridgehead atoms. The highest BCUT2D eigenvalue weighted by atomic mass is 16.5. The second kappa shape index (κ2) is 8.06. The number of rotatable bonds is 6. The van der Waals surface area contributed by atoms with Gasteiger partial charge in [-0.3, -0.25) is 9.78 Å². The first kappa shape index (κ1) is 20.2. The van der Waals surface area contributed by atoms with Gasteiger partial charge in [-0.05, 0) is 86.8 Å². The number of fused-ring (bicyclic) bond motifs is 1. The smallest absolute Gasteiger partial charge is 0.331 e. The Kier molecular flexibility index (Phi) is 5.24. The molecule has 31 heavy (non-hydrogen) atoms. The molecule has 1 aromatic heterocycles. The van der Waals surface area contributed by atoms with Gasteiger partial charge in [0, 0.05) is 12.1 Å². The SMILES string of the molecule is C[C@@H](NC(=O)COC(=O)/C=C/c1cnc2ccccc2n1)C12CC3CC(CC(C3)C1)C2. The van der Waals surface area contributed by atoms with E-state index < -0.39 is 5.97 Å². The van der Waals surface area contributed by atoms with Crippen LogP contribution in [0.3, 0.4) is 0 Å². The number of nitrogens with one attached hydrogen (secondary N) is 1. The summed E-state index contributed by atoms with van der Waals surface area (Å²) in [6.45, 7) is 1.87. The van der Waals surface area contributed by atoms with Crippen molar-refractivity contribution in [3.63, 3.8) is 0 Å². The monoisotopic (exact) mass is 419 g/mol. The van der Waals surface area contributed by atoms with Gasteiger partial charge in [-0.2, -0.15) is 0 Å². The van der Waals surface area contributed by atoms with Gasteiger partial charge in [0.25, 0.3) is 5.91 Å². The molecule has 0 spiro atoms. The molecule has 4 aliphatic rings. The average molecular weight is 420 g/mol. The number of para-hydroxylation sites is 2. The zero-order chi connectivity index (χ0) is 21.4. The normalized spacial score (nSPS) is 29.9. The molecule has 0 unspecified atom stereocenters. The number of aromatic nitrogens is 2. The molecule has 4 saturated carbocycles. The predicted octanol–water partition coefficient (Wildman–Crippen LogP) is 3.91. The summed E-state index contributed by atoms with van der Waals surface area (Å²) in [5.74, 6) is 1.73. The number of carbonyl (C=O) groups is 2. The van der Waals surface area contributed by atoms with Crippen LogP contribution in [-0.2, 0) is 14.3 Å². The lowest BCUT2D eigenvalue weighted by Crippen LogP contribution is -2.56. The standard InChI is InChI=1S/C25H29N3O3/c1-16(25-11-17-8-18(12-25)10-19(9-17)13-25)27-23(29)15-31-24(30)7-6-20-14-26-21-4-2-3-5-22(21)28-20/h2-7,14,16-19H,8-13,15H2,1H3,(H,27,29)/b7-6+/t16-,17?,18?,19?,25?/m1/s1. The number of hydrogen-bond donors (Lipinski definition) is 1. The fourth-order valence-electron chi connectivity index (χ4n) is 6.53. The quantitative estimate of drug-likeness (QED) is 0.567. The van der Waals surface area contributed by atoms with Crippen LogP contribution in [-0.4, -0.2) is 34.5 Å². The van der Waals surface area contributed by atoms with Crippen LogP contribution in [0.15, 0.2) is 36.5 Å².